The molecular formula is C17H26ClN3. The summed E-state index contributed by atoms with van der Waals surface area (Å²) in [5, 5.41) is 4.64. The minimum atomic E-state index is 0.269. The van der Waals surface area contributed by atoms with E-state index in [0.717, 1.165) is 30.6 Å². The first-order valence-corrected chi connectivity index (χ1v) is 8.62. The molecule has 1 unspecified atom stereocenters. The Balaban J connectivity index is 1.79. The summed E-state index contributed by atoms with van der Waals surface area (Å²) in [6, 6.07) is 2.73. The van der Waals surface area contributed by atoms with Crippen LogP contribution in [-0.2, 0) is 6.54 Å². The van der Waals surface area contributed by atoms with Gasteiger partial charge in [-0.2, -0.15) is 0 Å². The molecule has 3 rings (SSSR count). The summed E-state index contributed by atoms with van der Waals surface area (Å²) in [7, 11) is 0. The van der Waals surface area contributed by atoms with Gasteiger partial charge in [-0.3, -0.25) is 9.88 Å². The number of nitrogens with one attached hydrogen (secondary N) is 1. The fraction of sp³-hybridized carbons (Fsp3) is 0.706. The van der Waals surface area contributed by atoms with E-state index in [9.17, 15) is 0 Å². The molecule has 2 fully saturated rings. The fourth-order valence-electron chi connectivity index (χ4n) is 3.61. The van der Waals surface area contributed by atoms with Crippen molar-refractivity contribution in [2.75, 3.05) is 13.1 Å². The van der Waals surface area contributed by atoms with Crippen LogP contribution < -0.4 is 5.32 Å². The lowest BCUT2D eigenvalue weighted by molar-refractivity contribution is 0.0557. The number of hydrogen-bond donors (Lipinski definition) is 1. The molecule has 2 aliphatic rings. The molecule has 1 saturated heterocycles. The van der Waals surface area contributed by atoms with Gasteiger partial charge in [-0.1, -0.05) is 25.4 Å². The second kappa shape index (κ2) is 6.23. The van der Waals surface area contributed by atoms with Crippen molar-refractivity contribution in [2.45, 2.75) is 57.7 Å². The van der Waals surface area contributed by atoms with Crippen molar-refractivity contribution in [3.05, 3.63) is 29.0 Å². The minimum Gasteiger partial charge on any atom is -0.308 e. The molecule has 3 nitrogen and oxygen atoms in total. The average Bonchev–Trinajstić information content (AvgIpc) is 3.34. The minimum absolute atomic E-state index is 0.269. The Bertz CT molecular complexity index is 483. The van der Waals surface area contributed by atoms with Crippen molar-refractivity contribution in [3.8, 4) is 0 Å². The summed E-state index contributed by atoms with van der Waals surface area (Å²) in [6.45, 7) is 7.79. The van der Waals surface area contributed by atoms with E-state index in [1.54, 1.807) is 6.20 Å². The summed E-state index contributed by atoms with van der Waals surface area (Å²) in [5.74, 6) is 0.879. The monoisotopic (exact) mass is 307 g/mol. The molecule has 1 aliphatic heterocycles. The summed E-state index contributed by atoms with van der Waals surface area (Å²) in [6.07, 6.45) is 8.75. The Kier molecular flexibility index (Phi) is 4.53. The summed E-state index contributed by atoms with van der Waals surface area (Å²) < 4.78 is 0. The molecule has 1 saturated carbocycles. The van der Waals surface area contributed by atoms with Crippen molar-refractivity contribution >= 4 is 11.6 Å². The fourth-order valence-corrected chi connectivity index (χ4v) is 3.78. The highest BCUT2D eigenvalue weighted by atomic mass is 35.5. The summed E-state index contributed by atoms with van der Waals surface area (Å²) >= 11 is 6.32. The van der Waals surface area contributed by atoms with E-state index < -0.39 is 0 Å². The van der Waals surface area contributed by atoms with Crippen LogP contribution in [0.1, 0.15) is 45.1 Å². The van der Waals surface area contributed by atoms with Gasteiger partial charge in [0.25, 0.3) is 0 Å². The molecule has 21 heavy (non-hydrogen) atoms. The number of halogens is 1. The van der Waals surface area contributed by atoms with Gasteiger partial charge in [0.2, 0.25) is 0 Å². The van der Waals surface area contributed by atoms with Gasteiger partial charge in [0, 0.05) is 43.6 Å². The van der Waals surface area contributed by atoms with Gasteiger partial charge in [-0.05, 0) is 43.2 Å². The first-order chi connectivity index (χ1) is 10.2. The second-order valence-electron chi connectivity index (χ2n) is 6.65. The predicted octanol–water partition coefficient (Wildman–Crippen LogP) is 3.48. The first kappa shape index (κ1) is 15.3. The third kappa shape index (κ3) is 3.25. The van der Waals surface area contributed by atoms with Crippen molar-refractivity contribution < 1.29 is 0 Å². The molecule has 1 N–H and O–H groups in total. The number of nitrogens with zero attached hydrogens (tertiary/aromatic N) is 2. The molecule has 1 aromatic rings. The summed E-state index contributed by atoms with van der Waals surface area (Å²) in [4.78, 5) is 6.77. The van der Waals surface area contributed by atoms with Crippen molar-refractivity contribution in [3.63, 3.8) is 0 Å². The van der Waals surface area contributed by atoms with Crippen LogP contribution in [0.2, 0.25) is 5.02 Å². The number of pyridine rings is 1. The third-order valence-corrected chi connectivity index (χ3v) is 5.75. The van der Waals surface area contributed by atoms with E-state index in [2.05, 4.69) is 35.1 Å². The zero-order chi connectivity index (χ0) is 14.9. The highest BCUT2D eigenvalue weighted by Gasteiger charge is 2.42. The molecule has 4 heteroatoms. The molecule has 0 spiro atoms. The number of piperazine rings is 1. The van der Waals surface area contributed by atoms with Crippen LogP contribution in [0.25, 0.3) is 0 Å². The second-order valence-corrected chi connectivity index (χ2v) is 7.05. The van der Waals surface area contributed by atoms with E-state index in [0.29, 0.717) is 6.04 Å². The van der Waals surface area contributed by atoms with Gasteiger partial charge in [0.05, 0.1) is 5.02 Å². The van der Waals surface area contributed by atoms with Crippen molar-refractivity contribution in [2.24, 2.45) is 5.92 Å². The Labute approximate surface area is 133 Å². The van der Waals surface area contributed by atoms with E-state index in [1.807, 2.05) is 6.20 Å². The highest BCUT2D eigenvalue weighted by Crippen LogP contribution is 2.39. The summed E-state index contributed by atoms with van der Waals surface area (Å²) in [5.41, 5.74) is 1.48. The van der Waals surface area contributed by atoms with Crippen LogP contribution in [-0.4, -0.2) is 34.6 Å². The van der Waals surface area contributed by atoms with Gasteiger partial charge in [-0.25, -0.2) is 0 Å². The zero-order valence-corrected chi connectivity index (χ0v) is 13.9. The molecule has 1 atom stereocenters. The maximum Gasteiger partial charge on any atom is 0.0634 e. The molecule has 2 heterocycles. The molecular weight excluding hydrogens is 282 g/mol. The molecule has 0 bridgehead atoms. The largest absolute Gasteiger partial charge is 0.308 e. The molecule has 0 radical (unpaired) electrons. The van der Waals surface area contributed by atoms with E-state index in [1.165, 1.54) is 31.2 Å². The quantitative estimate of drug-likeness (QED) is 0.902. The van der Waals surface area contributed by atoms with E-state index >= 15 is 0 Å². The number of aromatic nitrogens is 1. The van der Waals surface area contributed by atoms with Crippen LogP contribution in [0, 0.1) is 5.92 Å². The van der Waals surface area contributed by atoms with Gasteiger partial charge < -0.3 is 5.32 Å². The standard InChI is InChI=1S/C17H26ClN3/c1-3-17(4-2)12-21(16(10-20-17)13-5-6-13)11-14-7-8-19-9-15(14)18/h7-9,13,16,20H,3-6,10-12H2,1-2H3. The molecule has 1 aromatic heterocycles. The Morgan fingerprint density at radius 2 is 2.14 bits per heavy atom. The zero-order valence-electron chi connectivity index (χ0n) is 13.1. The van der Waals surface area contributed by atoms with E-state index in [-0.39, 0.29) is 5.54 Å². The van der Waals surface area contributed by atoms with Crippen LogP contribution in [0.4, 0.5) is 0 Å². The van der Waals surface area contributed by atoms with Crippen molar-refractivity contribution in [1.82, 2.24) is 15.2 Å². The highest BCUT2D eigenvalue weighted by molar-refractivity contribution is 6.31. The number of rotatable bonds is 5. The SMILES string of the molecule is CCC1(CC)CN(Cc2ccncc2Cl)C(C2CC2)CN1. The third-order valence-electron chi connectivity index (χ3n) is 5.41. The first-order valence-electron chi connectivity index (χ1n) is 8.25. The Morgan fingerprint density at radius 1 is 1.38 bits per heavy atom. The molecule has 116 valence electrons. The van der Waals surface area contributed by atoms with Gasteiger partial charge in [-0.15, -0.1) is 0 Å². The van der Waals surface area contributed by atoms with Crippen LogP contribution in [0.15, 0.2) is 18.5 Å². The lowest BCUT2D eigenvalue weighted by atomic mass is 9.87. The van der Waals surface area contributed by atoms with E-state index in [4.69, 9.17) is 11.6 Å². The Hall–Kier alpha value is -0.640. The molecule has 1 aliphatic carbocycles. The van der Waals surface area contributed by atoms with Crippen LogP contribution in [0.5, 0.6) is 0 Å². The van der Waals surface area contributed by atoms with Crippen LogP contribution in [0.3, 0.4) is 0 Å². The molecule has 0 aromatic carbocycles. The lowest BCUT2D eigenvalue weighted by Gasteiger charge is -2.48. The predicted molar refractivity (Wildman–Crippen MR) is 87.5 cm³/mol. The van der Waals surface area contributed by atoms with Gasteiger partial charge in [0.1, 0.15) is 0 Å². The van der Waals surface area contributed by atoms with Crippen LogP contribution >= 0.6 is 11.6 Å². The normalized spacial score (nSPS) is 26.0. The molecule has 0 amide bonds. The maximum absolute atomic E-state index is 6.32. The Morgan fingerprint density at radius 3 is 2.76 bits per heavy atom. The topological polar surface area (TPSA) is 28.2 Å². The lowest BCUT2D eigenvalue weighted by Crippen LogP contribution is -2.64. The van der Waals surface area contributed by atoms with Crippen molar-refractivity contribution in [1.29, 1.82) is 0 Å². The van der Waals surface area contributed by atoms with Gasteiger partial charge >= 0.3 is 0 Å². The smallest absolute Gasteiger partial charge is 0.0634 e. The number of hydrogen-bond acceptors (Lipinski definition) is 3. The van der Waals surface area contributed by atoms with Gasteiger partial charge in [0.15, 0.2) is 0 Å². The average molecular weight is 308 g/mol. The maximum atomic E-state index is 6.32.